The molecular weight excluding hydrogens is 230 g/mol. The monoisotopic (exact) mass is 251 g/mol. The number of fused-ring (bicyclic) bond motifs is 2. The van der Waals surface area contributed by atoms with Crippen LogP contribution in [0.15, 0.2) is 4.52 Å². The summed E-state index contributed by atoms with van der Waals surface area (Å²) in [5.74, 6) is 2.03. The first-order chi connectivity index (χ1) is 8.69. The molecule has 5 heteroatoms. The fourth-order valence-electron chi connectivity index (χ4n) is 2.94. The Labute approximate surface area is 107 Å². The van der Waals surface area contributed by atoms with Crippen molar-refractivity contribution in [2.24, 2.45) is 11.7 Å². The second kappa shape index (κ2) is 4.63. The first-order valence-corrected chi connectivity index (χ1v) is 6.93. The minimum absolute atomic E-state index is 0.157. The fraction of sp³-hybridized carbons (Fsp3) is 0.846. The highest BCUT2D eigenvalue weighted by Crippen LogP contribution is 2.43. The molecule has 0 saturated carbocycles. The second-order valence-corrected chi connectivity index (χ2v) is 5.62. The van der Waals surface area contributed by atoms with Gasteiger partial charge in [0.05, 0.1) is 24.2 Å². The molecule has 2 saturated heterocycles. The molecule has 2 bridgehead atoms. The van der Waals surface area contributed by atoms with E-state index in [1.54, 1.807) is 0 Å². The zero-order chi connectivity index (χ0) is 12.7. The predicted octanol–water partition coefficient (Wildman–Crippen LogP) is 2.15. The SMILES string of the molecule is CC[C@H](C)[C@H](N)c1nc(C2CC3CCC2O3)no1. The van der Waals surface area contributed by atoms with Gasteiger partial charge in [-0.15, -0.1) is 0 Å². The van der Waals surface area contributed by atoms with E-state index in [-0.39, 0.29) is 6.04 Å². The van der Waals surface area contributed by atoms with Crippen LogP contribution in [0, 0.1) is 5.92 Å². The number of hydrogen-bond donors (Lipinski definition) is 1. The highest BCUT2D eigenvalue weighted by atomic mass is 16.5. The summed E-state index contributed by atoms with van der Waals surface area (Å²) in [5, 5.41) is 4.11. The van der Waals surface area contributed by atoms with Crippen molar-refractivity contribution in [3.63, 3.8) is 0 Å². The number of nitrogens with zero attached hydrogens (tertiary/aromatic N) is 2. The van der Waals surface area contributed by atoms with Gasteiger partial charge in [0.1, 0.15) is 0 Å². The van der Waals surface area contributed by atoms with E-state index in [2.05, 4.69) is 24.0 Å². The van der Waals surface area contributed by atoms with E-state index in [9.17, 15) is 0 Å². The van der Waals surface area contributed by atoms with Crippen molar-refractivity contribution in [2.75, 3.05) is 0 Å². The van der Waals surface area contributed by atoms with Gasteiger partial charge in [-0.1, -0.05) is 25.4 Å². The number of ether oxygens (including phenoxy) is 1. The molecule has 0 aromatic carbocycles. The van der Waals surface area contributed by atoms with Crippen LogP contribution in [0.3, 0.4) is 0 Å². The Morgan fingerprint density at radius 3 is 2.89 bits per heavy atom. The van der Waals surface area contributed by atoms with Crippen LogP contribution in [0.1, 0.15) is 63.2 Å². The van der Waals surface area contributed by atoms with Gasteiger partial charge in [-0.25, -0.2) is 0 Å². The van der Waals surface area contributed by atoms with Crippen molar-refractivity contribution in [3.8, 4) is 0 Å². The molecule has 100 valence electrons. The van der Waals surface area contributed by atoms with Crippen molar-refractivity contribution < 1.29 is 9.26 Å². The Balaban J connectivity index is 1.74. The average molecular weight is 251 g/mol. The van der Waals surface area contributed by atoms with E-state index in [1.165, 1.54) is 6.42 Å². The summed E-state index contributed by atoms with van der Waals surface area (Å²) in [6.07, 6.45) is 5.04. The summed E-state index contributed by atoms with van der Waals surface area (Å²) in [7, 11) is 0. The van der Waals surface area contributed by atoms with E-state index in [0.29, 0.717) is 29.9 Å². The quantitative estimate of drug-likeness (QED) is 0.887. The lowest BCUT2D eigenvalue weighted by molar-refractivity contribution is 0.0996. The maximum Gasteiger partial charge on any atom is 0.243 e. The molecule has 5 atom stereocenters. The number of rotatable bonds is 4. The molecule has 0 aliphatic carbocycles. The Morgan fingerprint density at radius 2 is 2.28 bits per heavy atom. The molecule has 18 heavy (non-hydrogen) atoms. The van der Waals surface area contributed by atoms with Crippen molar-refractivity contribution in [2.45, 2.75) is 63.7 Å². The van der Waals surface area contributed by atoms with E-state index in [0.717, 1.165) is 25.1 Å². The first-order valence-electron chi connectivity index (χ1n) is 6.93. The maximum absolute atomic E-state index is 6.11. The summed E-state index contributed by atoms with van der Waals surface area (Å²) < 4.78 is 11.2. The van der Waals surface area contributed by atoms with Crippen LogP contribution in [0.25, 0.3) is 0 Å². The molecule has 5 nitrogen and oxygen atoms in total. The molecule has 1 aromatic heterocycles. The van der Waals surface area contributed by atoms with Gasteiger partial charge < -0.3 is 15.0 Å². The Hall–Kier alpha value is -0.940. The third-order valence-electron chi connectivity index (χ3n) is 4.44. The van der Waals surface area contributed by atoms with E-state index in [4.69, 9.17) is 15.0 Å². The highest BCUT2D eigenvalue weighted by molar-refractivity contribution is 5.07. The zero-order valence-corrected chi connectivity index (χ0v) is 11.0. The van der Waals surface area contributed by atoms with Gasteiger partial charge in [0.25, 0.3) is 0 Å². The number of nitrogens with two attached hydrogens (primary N) is 1. The number of aromatic nitrogens is 2. The lowest BCUT2D eigenvalue weighted by Gasteiger charge is -2.15. The third-order valence-corrected chi connectivity index (χ3v) is 4.44. The standard InChI is InChI=1S/C13H21N3O2/c1-3-7(2)11(14)13-15-12(16-18-13)9-6-8-4-5-10(9)17-8/h7-11H,3-6,14H2,1-2H3/t7-,8?,9?,10?,11-/m0/s1. The molecule has 0 radical (unpaired) electrons. The molecule has 0 spiro atoms. The second-order valence-electron chi connectivity index (χ2n) is 5.62. The van der Waals surface area contributed by atoms with Crippen molar-refractivity contribution >= 4 is 0 Å². The largest absolute Gasteiger partial charge is 0.374 e. The molecule has 3 unspecified atom stereocenters. The molecule has 2 aliphatic rings. The maximum atomic E-state index is 6.11. The Bertz CT molecular complexity index is 420. The van der Waals surface area contributed by atoms with Gasteiger partial charge in [0.2, 0.25) is 5.89 Å². The molecule has 1 aromatic rings. The molecule has 0 amide bonds. The summed E-state index contributed by atoms with van der Waals surface area (Å²) in [6.45, 7) is 4.22. The Kier molecular flexibility index (Phi) is 3.11. The summed E-state index contributed by atoms with van der Waals surface area (Å²) in [6, 6.07) is -0.157. The van der Waals surface area contributed by atoms with Gasteiger partial charge in [-0.05, 0) is 25.2 Å². The lowest BCUT2D eigenvalue weighted by Crippen LogP contribution is -2.19. The van der Waals surface area contributed by atoms with Gasteiger partial charge in [0.15, 0.2) is 5.82 Å². The van der Waals surface area contributed by atoms with E-state index < -0.39 is 0 Å². The van der Waals surface area contributed by atoms with Crippen LogP contribution in [0.5, 0.6) is 0 Å². The normalized spacial score (nSPS) is 33.8. The zero-order valence-electron chi connectivity index (χ0n) is 11.0. The molecule has 2 aliphatic heterocycles. The van der Waals surface area contributed by atoms with Gasteiger partial charge >= 0.3 is 0 Å². The third kappa shape index (κ3) is 1.95. The molecular formula is C13H21N3O2. The summed E-state index contributed by atoms with van der Waals surface area (Å²) >= 11 is 0. The molecule has 2 fully saturated rings. The van der Waals surface area contributed by atoms with Crippen molar-refractivity contribution in [3.05, 3.63) is 11.7 Å². The van der Waals surface area contributed by atoms with Crippen LogP contribution < -0.4 is 5.73 Å². The first kappa shape index (κ1) is 12.1. The fourth-order valence-corrected chi connectivity index (χ4v) is 2.94. The van der Waals surface area contributed by atoms with E-state index >= 15 is 0 Å². The van der Waals surface area contributed by atoms with Crippen LogP contribution in [-0.4, -0.2) is 22.3 Å². The summed E-state index contributed by atoms with van der Waals surface area (Å²) in [4.78, 5) is 4.50. The smallest absolute Gasteiger partial charge is 0.243 e. The predicted molar refractivity (Wildman–Crippen MR) is 65.9 cm³/mol. The van der Waals surface area contributed by atoms with Gasteiger partial charge in [-0.3, -0.25) is 0 Å². The van der Waals surface area contributed by atoms with Crippen LogP contribution in [0.4, 0.5) is 0 Å². The molecule has 3 heterocycles. The van der Waals surface area contributed by atoms with Crippen LogP contribution in [0.2, 0.25) is 0 Å². The van der Waals surface area contributed by atoms with Gasteiger partial charge in [0, 0.05) is 0 Å². The average Bonchev–Trinajstić information content (AvgIpc) is 3.10. The van der Waals surface area contributed by atoms with Crippen molar-refractivity contribution in [1.82, 2.24) is 10.1 Å². The highest BCUT2D eigenvalue weighted by Gasteiger charge is 2.43. The Morgan fingerprint density at radius 1 is 1.44 bits per heavy atom. The minimum Gasteiger partial charge on any atom is -0.374 e. The molecule has 2 N–H and O–H groups in total. The van der Waals surface area contributed by atoms with Crippen molar-refractivity contribution in [1.29, 1.82) is 0 Å². The van der Waals surface area contributed by atoms with Crippen LogP contribution in [-0.2, 0) is 4.74 Å². The lowest BCUT2D eigenvalue weighted by atomic mass is 9.89. The number of hydrogen-bond acceptors (Lipinski definition) is 5. The van der Waals surface area contributed by atoms with Gasteiger partial charge in [-0.2, -0.15) is 4.98 Å². The summed E-state index contributed by atoms with van der Waals surface area (Å²) in [5.41, 5.74) is 6.11. The molecule has 3 rings (SSSR count). The van der Waals surface area contributed by atoms with E-state index in [1.807, 2.05) is 0 Å². The van der Waals surface area contributed by atoms with Crippen LogP contribution >= 0.6 is 0 Å². The minimum atomic E-state index is -0.157. The topological polar surface area (TPSA) is 74.2 Å².